The highest BCUT2D eigenvalue weighted by atomic mass is 16.5. The number of aliphatic hydroxyl groups excluding tert-OH is 1. The molecule has 0 aromatic carbocycles. The van der Waals surface area contributed by atoms with Gasteiger partial charge in [-0.2, -0.15) is 0 Å². The van der Waals surface area contributed by atoms with Crippen molar-refractivity contribution in [1.29, 1.82) is 0 Å². The van der Waals surface area contributed by atoms with Crippen LogP contribution in [0.5, 0.6) is 0 Å². The van der Waals surface area contributed by atoms with E-state index in [9.17, 15) is 9.90 Å². The molecular formula is C15H21N3O3. The number of pyridine rings is 1. The lowest BCUT2D eigenvalue weighted by atomic mass is 10.1. The van der Waals surface area contributed by atoms with Crippen LogP contribution in [0.25, 0.3) is 0 Å². The molecule has 2 heterocycles. The van der Waals surface area contributed by atoms with Crippen molar-refractivity contribution < 1.29 is 14.6 Å². The van der Waals surface area contributed by atoms with Crippen molar-refractivity contribution in [1.82, 2.24) is 10.3 Å². The normalized spacial score (nSPS) is 23.7. The maximum absolute atomic E-state index is 12.3. The third kappa shape index (κ3) is 3.33. The molecular weight excluding hydrogens is 270 g/mol. The Kier molecular flexibility index (Phi) is 4.07. The number of hydrogen-bond donors (Lipinski definition) is 2. The first kappa shape index (κ1) is 14.3. The third-order valence-corrected chi connectivity index (χ3v) is 3.90. The zero-order valence-corrected chi connectivity index (χ0v) is 12.2. The maximum Gasteiger partial charge on any atom is 0.245 e. The van der Waals surface area contributed by atoms with Gasteiger partial charge in [-0.25, -0.2) is 4.98 Å². The minimum Gasteiger partial charge on any atom is -0.389 e. The molecule has 1 aromatic rings. The van der Waals surface area contributed by atoms with Gasteiger partial charge in [-0.05, 0) is 31.4 Å². The first-order chi connectivity index (χ1) is 10.1. The Bertz CT molecular complexity index is 499. The summed E-state index contributed by atoms with van der Waals surface area (Å²) < 4.78 is 5.45. The Hall–Kier alpha value is -1.66. The monoisotopic (exact) mass is 291 g/mol. The summed E-state index contributed by atoms with van der Waals surface area (Å²) in [7, 11) is 0. The molecule has 1 amide bonds. The summed E-state index contributed by atoms with van der Waals surface area (Å²) in [5, 5.41) is 12.6. The van der Waals surface area contributed by atoms with E-state index in [1.165, 1.54) is 0 Å². The van der Waals surface area contributed by atoms with Gasteiger partial charge in [-0.3, -0.25) is 4.79 Å². The van der Waals surface area contributed by atoms with Crippen LogP contribution in [0.4, 0.5) is 5.82 Å². The van der Waals surface area contributed by atoms with Gasteiger partial charge in [0.15, 0.2) is 0 Å². The minimum absolute atomic E-state index is 0.0126. The summed E-state index contributed by atoms with van der Waals surface area (Å²) in [5.74, 6) is 0.761. The van der Waals surface area contributed by atoms with E-state index >= 15 is 0 Å². The fourth-order valence-electron chi connectivity index (χ4n) is 2.43. The van der Waals surface area contributed by atoms with Gasteiger partial charge in [-0.1, -0.05) is 6.07 Å². The Labute approximate surface area is 124 Å². The van der Waals surface area contributed by atoms with E-state index in [0.29, 0.717) is 25.8 Å². The van der Waals surface area contributed by atoms with Crippen LogP contribution >= 0.6 is 0 Å². The van der Waals surface area contributed by atoms with Crippen molar-refractivity contribution in [3.63, 3.8) is 0 Å². The van der Waals surface area contributed by atoms with Crippen LogP contribution < -0.4 is 10.2 Å². The van der Waals surface area contributed by atoms with Crippen molar-refractivity contribution in [2.24, 2.45) is 0 Å². The number of carbonyl (C=O) groups is 1. The molecule has 2 N–H and O–H groups in total. The molecule has 6 nitrogen and oxygen atoms in total. The Morgan fingerprint density at radius 2 is 2.33 bits per heavy atom. The van der Waals surface area contributed by atoms with Gasteiger partial charge in [0.25, 0.3) is 0 Å². The number of amides is 1. The molecule has 21 heavy (non-hydrogen) atoms. The van der Waals surface area contributed by atoms with Crippen LogP contribution in [0.3, 0.4) is 0 Å². The molecule has 1 saturated carbocycles. The van der Waals surface area contributed by atoms with E-state index in [1.807, 2.05) is 17.0 Å². The SMILES string of the molecule is CC(O)c1ccc(N2CCOCC2C(=O)NC2CC2)nc1. The van der Waals surface area contributed by atoms with E-state index < -0.39 is 6.10 Å². The summed E-state index contributed by atoms with van der Waals surface area (Å²) in [6, 6.07) is 3.71. The number of nitrogens with zero attached hydrogens (tertiary/aromatic N) is 2. The number of nitrogens with one attached hydrogen (secondary N) is 1. The number of ether oxygens (including phenoxy) is 1. The largest absolute Gasteiger partial charge is 0.389 e. The fraction of sp³-hybridized carbons (Fsp3) is 0.600. The predicted octanol–water partition coefficient (Wildman–Crippen LogP) is 0.619. The van der Waals surface area contributed by atoms with Crippen molar-refractivity contribution in [2.75, 3.05) is 24.7 Å². The van der Waals surface area contributed by atoms with E-state index in [2.05, 4.69) is 10.3 Å². The van der Waals surface area contributed by atoms with Gasteiger partial charge in [0.05, 0.1) is 19.3 Å². The zero-order valence-electron chi connectivity index (χ0n) is 12.2. The summed E-state index contributed by atoms with van der Waals surface area (Å²) in [4.78, 5) is 18.7. The minimum atomic E-state index is -0.537. The van der Waals surface area contributed by atoms with Crippen LogP contribution in [-0.2, 0) is 9.53 Å². The van der Waals surface area contributed by atoms with Crippen molar-refractivity contribution in [2.45, 2.75) is 38.0 Å². The van der Waals surface area contributed by atoms with Crippen LogP contribution in [-0.4, -0.2) is 47.8 Å². The van der Waals surface area contributed by atoms with Gasteiger partial charge in [0.2, 0.25) is 5.91 Å². The fourth-order valence-corrected chi connectivity index (χ4v) is 2.43. The first-order valence-electron chi connectivity index (χ1n) is 7.44. The number of rotatable bonds is 4. The summed E-state index contributed by atoms with van der Waals surface area (Å²) in [5.41, 5.74) is 0.769. The average Bonchev–Trinajstić information content (AvgIpc) is 3.31. The summed E-state index contributed by atoms with van der Waals surface area (Å²) >= 11 is 0. The van der Waals surface area contributed by atoms with Crippen molar-refractivity contribution >= 4 is 11.7 Å². The lowest BCUT2D eigenvalue weighted by Gasteiger charge is -2.35. The highest BCUT2D eigenvalue weighted by molar-refractivity contribution is 5.85. The molecule has 1 saturated heterocycles. The molecule has 2 fully saturated rings. The van der Waals surface area contributed by atoms with Crippen LogP contribution in [0.1, 0.15) is 31.4 Å². The zero-order chi connectivity index (χ0) is 14.8. The Balaban J connectivity index is 1.74. The summed E-state index contributed by atoms with van der Waals surface area (Å²) in [6.07, 6.45) is 3.26. The second-order valence-electron chi connectivity index (χ2n) is 5.69. The first-order valence-corrected chi connectivity index (χ1v) is 7.44. The van der Waals surface area contributed by atoms with E-state index in [1.54, 1.807) is 13.1 Å². The van der Waals surface area contributed by atoms with Crippen molar-refractivity contribution in [3.8, 4) is 0 Å². The number of aliphatic hydroxyl groups is 1. The second kappa shape index (κ2) is 5.99. The third-order valence-electron chi connectivity index (χ3n) is 3.90. The smallest absolute Gasteiger partial charge is 0.245 e. The number of carbonyl (C=O) groups excluding carboxylic acids is 1. The highest BCUT2D eigenvalue weighted by Gasteiger charge is 2.33. The summed E-state index contributed by atoms with van der Waals surface area (Å²) in [6.45, 7) is 3.33. The van der Waals surface area contributed by atoms with E-state index in [4.69, 9.17) is 4.74 Å². The van der Waals surface area contributed by atoms with Crippen LogP contribution in [0, 0.1) is 0 Å². The van der Waals surface area contributed by atoms with Crippen LogP contribution in [0.15, 0.2) is 18.3 Å². The quantitative estimate of drug-likeness (QED) is 0.850. The maximum atomic E-state index is 12.3. The lowest BCUT2D eigenvalue weighted by Crippen LogP contribution is -2.54. The predicted molar refractivity (Wildman–Crippen MR) is 78.0 cm³/mol. The molecule has 2 unspecified atom stereocenters. The molecule has 3 rings (SSSR count). The molecule has 2 atom stereocenters. The number of aromatic nitrogens is 1. The molecule has 1 aromatic heterocycles. The molecule has 1 aliphatic carbocycles. The molecule has 1 aliphatic heterocycles. The van der Waals surface area contributed by atoms with Gasteiger partial charge in [-0.15, -0.1) is 0 Å². The average molecular weight is 291 g/mol. The van der Waals surface area contributed by atoms with Gasteiger partial charge in [0.1, 0.15) is 11.9 Å². The number of anilines is 1. The highest BCUT2D eigenvalue weighted by Crippen LogP contribution is 2.22. The van der Waals surface area contributed by atoms with Gasteiger partial charge >= 0.3 is 0 Å². The Morgan fingerprint density at radius 1 is 1.52 bits per heavy atom. The lowest BCUT2D eigenvalue weighted by molar-refractivity contribution is -0.124. The van der Waals surface area contributed by atoms with E-state index in [-0.39, 0.29) is 11.9 Å². The Morgan fingerprint density at radius 3 is 2.95 bits per heavy atom. The van der Waals surface area contributed by atoms with E-state index in [0.717, 1.165) is 24.2 Å². The molecule has 114 valence electrons. The molecule has 0 bridgehead atoms. The topological polar surface area (TPSA) is 74.7 Å². The second-order valence-corrected chi connectivity index (χ2v) is 5.69. The molecule has 0 radical (unpaired) electrons. The number of hydrogen-bond acceptors (Lipinski definition) is 5. The standard InChI is InChI=1S/C15H21N3O3/c1-10(19)11-2-5-14(16-8-11)18-6-7-21-9-13(18)15(20)17-12-3-4-12/h2,5,8,10,12-13,19H,3-4,6-7,9H2,1H3,(H,17,20). The van der Waals surface area contributed by atoms with Gasteiger partial charge < -0.3 is 20.1 Å². The van der Waals surface area contributed by atoms with Gasteiger partial charge in [0, 0.05) is 18.8 Å². The molecule has 2 aliphatic rings. The van der Waals surface area contributed by atoms with Crippen LogP contribution in [0.2, 0.25) is 0 Å². The number of morpholine rings is 1. The van der Waals surface area contributed by atoms with Crippen molar-refractivity contribution in [3.05, 3.63) is 23.9 Å². The molecule has 0 spiro atoms. The molecule has 6 heteroatoms.